The Hall–Kier alpha value is -0.590. The largest absolute Gasteiger partial charge is 0.299 e. The number of Topliss-reactive ketones (excluding diaryl/α,β-unsaturated/α-hetero) is 1. The molecule has 0 radical (unpaired) electrons. The fourth-order valence-corrected chi connectivity index (χ4v) is 1.97. The Bertz CT molecular complexity index is 191. The third-order valence-electron chi connectivity index (χ3n) is 2.44. The molecule has 1 nitrogen and oxygen atoms in total. The van der Waals surface area contributed by atoms with Gasteiger partial charge in [0.05, 0.1) is 0 Å². The van der Waals surface area contributed by atoms with E-state index in [0.717, 1.165) is 12.8 Å². The average Bonchev–Trinajstić information content (AvgIpc) is 2.22. The van der Waals surface area contributed by atoms with E-state index in [1.165, 1.54) is 5.57 Å². The number of hydrogen-bond donors (Lipinski definition) is 0. The first-order valence-corrected chi connectivity index (χ1v) is 3.48. The molecule has 0 amide bonds. The van der Waals surface area contributed by atoms with Crippen molar-refractivity contribution in [2.24, 2.45) is 11.8 Å². The maximum absolute atomic E-state index is 11.0. The lowest BCUT2D eigenvalue weighted by Crippen LogP contribution is -2.07. The summed E-state index contributed by atoms with van der Waals surface area (Å²) in [4.78, 5) is 11.0. The standard InChI is InChI=1S/C8H10O/c1-5-2-6-3-7(5)8(9)4-6/h2,6-7H,3-4H2,1H3/t6-,7-/m1/s1. The van der Waals surface area contributed by atoms with Crippen LogP contribution in [-0.4, -0.2) is 5.78 Å². The third kappa shape index (κ3) is 0.576. The van der Waals surface area contributed by atoms with Crippen molar-refractivity contribution in [3.63, 3.8) is 0 Å². The van der Waals surface area contributed by atoms with Crippen LogP contribution < -0.4 is 0 Å². The molecule has 9 heavy (non-hydrogen) atoms. The van der Waals surface area contributed by atoms with Crippen LogP contribution in [0.25, 0.3) is 0 Å². The van der Waals surface area contributed by atoms with Gasteiger partial charge in [-0.15, -0.1) is 0 Å². The van der Waals surface area contributed by atoms with Gasteiger partial charge >= 0.3 is 0 Å². The smallest absolute Gasteiger partial charge is 0.140 e. The van der Waals surface area contributed by atoms with Crippen LogP contribution in [0.1, 0.15) is 19.8 Å². The molecule has 0 aromatic rings. The lowest BCUT2D eigenvalue weighted by atomic mass is 9.99. The SMILES string of the molecule is CC1=C[C@H]2CC(=O)[C@@H]1C2. The van der Waals surface area contributed by atoms with Gasteiger partial charge in [0.25, 0.3) is 0 Å². The molecule has 0 saturated heterocycles. The predicted octanol–water partition coefficient (Wildman–Crippen LogP) is 1.54. The predicted molar refractivity (Wildman–Crippen MR) is 35.0 cm³/mol. The number of fused-ring (bicyclic) bond motifs is 2. The molecule has 2 bridgehead atoms. The van der Waals surface area contributed by atoms with Crippen LogP contribution in [0, 0.1) is 11.8 Å². The molecule has 1 fully saturated rings. The second-order valence-corrected chi connectivity index (χ2v) is 3.13. The first kappa shape index (κ1) is 5.21. The first-order valence-electron chi connectivity index (χ1n) is 3.48. The highest BCUT2D eigenvalue weighted by Crippen LogP contribution is 2.40. The summed E-state index contributed by atoms with van der Waals surface area (Å²) in [7, 11) is 0. The molecule has 2 aliphatic rings. The Kier molecular flexibility index (Phi) is 0.850. The van der Waals surface area contributed by atoms with Crippen molar-refractivity contribution in [1.82, 2.24) is 0 Å². The van der Waals surface area contributed by atoms with Crippen molar-refractivity contribution in [3.8, 4) is 0 Å². The maximum Gasteiger partial charge on any atom is 0.140 e. The number of allylic oxidation sites excluding steroid dienone is 2. The van der Waals surface area contributed by atoms with Crippen molar-refractivity contribution < 1.29 is 4.79 Å². The lowest BCUT2D eigenvalue weighted by molar-refractivity contribution is -0.120. The minimum atomic E-state index is 0.329. The molecule has 0 unspecified atom stereocenters. The number of carbonyl (C=O) groups is 1. The fourth-order valence-electron chi connectivity index (χ4n) is 1.97. The van der Waals surface area contributed by atoms with Crippen molar-refractivity contribution in [1.29, 1.82) is 0 Å². The van der Waals surface area contributed by atoms with E-state index in [0.29, 0.717) is 17.6 Å². The summed E-state index contributed by atoms with van der Waals surface area (Å²) in [6.45, 7) is 2.07. The Balaban J connectivity index is 2.36. The van der Waals surface area contributed by atoms with Gasteiger partial charge in [-0.05, 0) is 19.3 Å². The van der Waals surface area contributed by atoms with E-state index in [1.54, 1.807) is 0 Å². The Morgan fingerprint density at radius 1 is 1.67 bits per heavy atom. The molecule has 0 aromatic heterocycles. The highest BCUT2D eigenvalue weighted by Gasteiger charge is 2.37. The number of ketones is 1. The zero-order valence-corrected chi connectivity index (χ0v) is 5.55. The van der Waals surface area contributed by atoms with Crippen LogP contribution in [0.3, 0.4) is 0 Å². The molecule has 1 heteroatoms. The van der Waals surface area contributed by atoms with Gasteiger partial charge in [0.2, 0.25) is 0 Å². The van der Waals surface area contributed by atoms with E-state index in [9.17, 15) is 4.79 Å². The third-order valence-corrected chi connectivity index (χ3v) is 2.44. The molecule has 0 aliphatic heterocycles. The van der Waals surface area contributed by atoms with E-state index < -0.39 is 0 Å². The van der Waals surface area contributed by atoms with Crippen molar-refractivity contribution >= 4 is 5.78 Å². The number of hydrogen-bond acceptors (Lipinski definition) is 1. The highest BCUT2D eigenvalue weighted by molar-refractivity contribution is 5.87. The monoisotopic (exact) mass is 122 g/mol. The summed E-state index contributed by atoms with van der Waals surface area (Å²) < 4.78 is 0. The molecule has 2 atom stereocenters. The molecule has 0 spiro atoms. The zero-order valence-electron chi connectivity index (χ0n) is 5.55. The molecule has 1 saturated carbocycles. The van der Waals surface area contributed by atoms with Crippen LogP contribution in [0.15, 0.2) is 11.6 Å². The van der Waals surface area contributed by atoms with Crippen LogP contribution >= 0.6 is 0 Å². The van der Waals surface area contributed by atoms with E-state index in [4.69, 9.17) is 0 Å². The molecular formula is C8H10O. The van der Waals surface area contributed by atoms with Gasteiger partial charge in [-0.1, -0.05) is 11.6 Å². The fraction of sp³-hybridized carbons (Fsp3) is 0.625. The lowest BCUT2D eigenvalue weighted by Gasteiger charge is -2.05. The van der Waals surface area contributed by atoms with Crippen LogP contribution in [-0.2, 0) is 4.79 Å². The van der Waals surface area contributed by atoms with Gasteiger partial charge in [-0.25, -0.2) is 0 Å². The van der Waals surface area contributed by atoms with E-state index in [1.807, 2.05) is 0 Å². The van der Waals surface area contributed by atoms with Gasteiger partial charge in [0, 0.05) is 12.3 Å². The maximum atomic E-state index is 11.0. The molecule has 0 heterocycles. The van der Waals surface area contributed by atoms with Gasteiger partial charge in [-0.2, -0.15) is 0 Å². The second kappa shape index (κ2) is 1.47. The summed E-state index contributed by atoms with van der Waals surface area (Å²) >= 11 is 0. The first-order chi connectivity index (χ1) is 4.27. The Labute approximate surface area is 54.8 Å². The Morgan fingerprint density at radius 2 is 2.44 bits per heavy atom. The van der Waals surface area contributed by atoms with Crippen LogP contribution in [0.5, 0.6) is 0 Å². The molecule has 2 aliphatic carbocycles. The summed E-state index contributed by atoms with van der Waals surface area (Å²) in [5.74, 6) is 1.41. The normalized spacial score (nSPS) is 39.7. The summed E-state index contributed by atoms with van der Waals surface area (Å²) in [6, 6.07) is 0. The molecule has 0 aromatic carbocycles. The van der Waals surface area contributed by atoms with Gasteiger partial charge in [-0.3, -0.25) is 4.79 Å². The average molecular weight is 122 g/mol. The van der Waals surface area contributed by atoms with E-state index in [2.05, 4.69) is 13.0 Å². The summed E-state index contributed by atoms with van der Waals surface area (Å²) in [6.07, 6.45) is 4.19. The van der Waals surface area contributed by atoms with Gasteiger partial charge < -0.3 is 0 Å². The van der Waals surface area contributed by atoms with Crippen molar-refractivity contribution in [3.05, 3.63) is 11.6 Å². The van der Waals surface area contributed by atoms with Crippen molar-refractivity contribution in [2.45, 2.75) is 19.8 Å². The van der Waals surface area contributed by atoms with Crippen molar-refractivity contribution in [2.75, 3.05) is 0 Å². The Morgan fingerprint density at radius 3 is 2.78 bits per heavy atom. The second-order valence-electron chi connectivity index (χ2n) is 3.13. The highest BCUT2D eigenvalue weighted by atomic mass is 16.1. The number of rotatable bonds is 0. The number of carbonyl (C=O) groups excluding carboxylic acids is 1. The molecule has 48 valence electrons. The minimum absolute atomic E-state index is 0.329. The van der Waals surface area contributed by atoms with Crippen LogP contribution in [0.2, 0.25) is 0 Å². The topological polar surface area (TPSA) is 17.1 Å². The van der Waals surface area contributed by atoms with E-state index >= 15 is 0 Å². The van der Waals surface area contributed by atoms with E-state index in [-0.39, 0.29) is 0 Å². The van der Waals surface area contributed by atoms with Crippen LogP contribution in [0.4, 0.5) is 0 Å². The minimum Gasteiger partial charge on any atom is -0.299 e. The molecule has 2 rings (SSSR count). The molecular weight excluding hydrogens is 112 g/mol. The summed E-state index contributed by atoms with van der Waals surface area (Å²) in [5, 5.41) is 0. The summed E-state index contributed by atoms with van der Waals surface area (Å²) in [5.41, 5.74) is 1.32. The quantitative estimate of drug-likeness (QED) is 0.445. The van der Waals surface area contributed by atoms with Gasteiger partial charge in [0.15, 0.2) is 0 Å². The van der Waals surface area contributed by atoms with Gasteiger partial charge in [0.1, 0.15) is 5.78 Å². The zero-order chi connectivity index (χ0) is 6.43. The molecule has 0 N–H and O–H groups in total.